The van der Waals surface area contributed by atoms with E-state index >= 15 is 0 Å². The molecule has 3 aromatic carbocycles. The minimum atomic E-state index is -0.0576. The fourth-order valence-electron chi connectivity index (χ4n) is 2.38. The number of hydrogen-bond donors (Lipinski definition) is 0. The van der Waals surface area contributed by atoms with Crippen molar-refractivity contribution in [2.24, 2.45) is 0 Å². The summed E-state index contributed by atoms with van der Waals surface area (Å²) < 4.78 is 0. The van der Waals surface area contributed by atoms with Crippen LogP contribution in [0.1, 0.15) is 21.5 Å². The molecule has 0 fully saturated rings. The van der Waals surface area contributed by atoms with Gasteiger partial charge in [0.1, 0.15) is 0 Å². The molecule has 1 nitrogen and oxygen atoms in total. The molecule has 0 aliphatic heterocycles. The van der Waals surface area contributed by atoms with Crippen molar-refractivity contribution >= 4 is 40.6 Å². The maximum atomic E-state index is 13.0. The second-order valence-electron chi connectivity index (χ2n) is 5.31. The van der Waals surface area contributed by atoms with Gasteiger partial charge < -0.3 is 0 Å². The van der Waals surface area contributed by atoms with Gasteiger partial charge in [0.15, 0.2) is 5.78 Å². The second kappa shape index (κ2) is 7.48. The third-order valence-electron chi connectivity index (χ3n) is 3.62. The molecule has 0 amide bonds. The van der Waals surface area contributed by atoms with Crippen molar-refractivity contribution in [1.29, 1.82) is 0 Å². The van der Waals surface area contributed by atoms with Gasteiger partial charge in [-0.3, -0.25) is 4.79 Å². The highest BCUT2D eigenvalue weighted by molar-refractivity contribution is 6.34. The molecule has 3 heteroatoms. The van der Waals surface area contributed by atoms with Crippen LogP contribution in [0.4, 0.5) is 0 Å². The highest BCUT2D eigenvalue weighted by Gasteiger charge is 2.14. The molecule has 0 aliphatic rings. The van der Waals surface area contributed by atoms with Crippen LogP contribution in [0, 0.1) is 0 Å². The average Bonchev–Trinajstić information content (AvgIpc) is 2.62. The lowest BCUT2D eigenvalue weighted by atomic mass is 9.95. The van der Waals surface area contributed by atoms with Crippen LogP contribution in [-0.2, 0) is 0 Å². The first-order chi connectivity index (χ1) is 11.6. The summed E-state index contributed by atoms with van der Waals surface area (Å²) in [5.41, 5.74) is 2.99. The van der Waals surface area contributed by atoms with Crippen molar-refractivity contribution in [2.45, 2.75) is 0 Å². The maximum Gasteiger partial charge on any atom is 0.193 e. The van der Waals surface area contributed by atoms with Gasteiger partial charge in [0, 0.05) is 21.2 Å². The van der Waals surface area contributed by atoms with Gasteiger partial charge in [0.05, 0.1) is 0 Å². The third-order valence-corrected chi connectivity index (χ3v) is 4.12. The van der Waals surface area contributed by atoms with Crippen LogP contribution >= 0.6 is 23.2 Å². The molecule has 118 valence electrons. The summed E-state index contributed by atoms with van der Waals surface area (Å²) in [7, 11) is 0. The van der Waals surface area contributed by atoms with E-state index < -0.39 is 0 Å². The van der Waals surface area contributed by atoms with Gasteiger partial charge in [-0.05, 0) is 53.6 Å². The second-order valence-corrected chi connectivity index (χ2v) is 6.18. The quantitative estimate of drug-likeness (QED) is 0.301. The molecule has 0 unspecified atom stereocenters. The molecule has 0 saturated heterocycles. The summed E-state index contributed by atoms with van der Waals surface area (Å²) in [6, 6.07) is 23.9. The van der Waals surface area contributed by atoms with Crippen LogP contribution in [0.3, 0.4) is 0 Å². The lowest BCUT2D eigenvalue weighted by Crippen LogP contribution is -2.02. The zero-order valence-corrected chi connectivity index (χ0v) is 14.3. The minimum Gasteiger partial charge on any atom is -0.289 e. The predicted molar refractivity (Wildman–Crippen MR) is 102 cm³/mol. The molecule has 0 aliphatic carbocycles. The highest BCUT2D eigenvalue weighted by atomic mass is 35.5. The van der Waals surface area contributed by atoms with Crippen molar-refractivity contribution in [3.05, 3.63) is 106 Å². The Balaban J connectivity index is 2.07. The van der Waals surface area contributed by atoms with E-state index in [0.717, 1.165) is 11.1 Å². The lowest BCUT2D eigenvalue weighted by molar-refractivity contribution is 0.105. The van der Waals surface area contributed by atoms with E-state index in [1.165, 1.54) is 0 Å². The van der Waals surface area contributed by atoms with Crippen LogP contribution in [0.5, 0.6) is 0 Å². The Morgan fingerprint density at radius 2 is 1.17 bits per heavy atom. The molecule has 0 aromatic heterocycles. The number of halogens is 2. The van der Waals surface area contributed by atoms with Crippen molar-refractivity contribution in [2.75, 3.05) is 0 Å². The molecular weight excluding hydrogens is 339 g/mol. The molecule has 24 heavy (non-hydrogen) atoms. The summed E-state index contributed by atoms with van der Waals surface area (Å²) in [5.74, 6) is -0.0576. The van der Waals surface area contributed by atoms with Gasteiger partial charge in [0.25, 0.3) is 0 Å². The SMILES string of the molecule is O=C(/C(=C/c1ccccc1)c1ccc(Cl)cc1)c1ccc(Cl)cc1. The lowest BCUT2D eigenvalue weighted by Gasteiger charge is -2.08. The minimum absolute atomic E-state index is 0.0576. The zero-order valence-electron chi connectivity index (χ0n) is 12.7. The summed E-state index contributed by atoms with van der Waals surface area (Å²) in [5, 5.41) is 1.24. The third kappa shape index (κ3) is 3.94. The first-order valence-electron chi connectivity index (χ1n) is 7.46. The average molecular weight is 353 g/mol. The van der Waals surface area contributed by atoms with Crippen molar-refractivity contribution in [3.8, 4) is 0 Å². The van der Waals surface area contributed by atoms with Crippen molar-refractivity contribution < 1.29 is 4.79 Å². The van der Waals surface area contributed by atoms with Crippen LogP contribution < -0.4 is 0 Å². The number of hydrogen-bond acceptors (Lipinski definition) is 1. The van der Waals surface area contributed by atoms with E-state index in [1.807, 2.05) is 48.5 Å². The number of allylic oxidation sites excluding steroid dienone is 1. The molecule has 0 spiro atoms. The highest BCUT2D eigenvalue weighted by Crippen LogP contribution is 2.25. The number of carbonyl (C=O) groups excluding carboxylic acids is 1. The number of ketones is 1. The Labute approximate surface area is 151 Å². The molecule has 0 heterocycles. The van der Waals surface area contributed by atoms with E-state index in [-0.39, 0.29) is 5.78 Å². The van der Waals surface area contributed by atoms with Gasteiger partial charge in [-0.15, -0.1) is 0 Å². The largest absolute Gasteiger partial charge is 0.289 e. The zero-order chi connectivity index (χ0) is 16.9. The molecule has 0 N–H and O–H groups in total. The Bertz CT molecular complexity index is 864. The molecule has 0 atom stereocenters. The van der Waals surface area contributed by atoms with Crippen LogP contribution in [0.25, 0.3) is 11.6 Å². The van der Waals surface area contributed by atoms with E-state index in [1.54, 1.807) is 36.4 Å². The van der Waals surface area contributed by atoms with Crippen LogP contribution in [0.15, 0.2) is 78.9 Å². The first kappa shape index (κ1) is 16.5. The smallest absolute Gasteiger partial charge is 0.193 e. The Hall–Kier alpha value is -2.35. The molecule has 0 radical (unpaired) electrons. The molecule has 3 aromatic rings. The summed E-state index contributed by atoms with van der Waals surface area (Å²) in [6.45, 7) is 0. The standard InChI is InChI=1S/C21H14Cl2O/c22-18-10-6-16(7-11-18)20(14-15-4-2-1-3-5-15)21(24)17-8-12-19(23)13-9-17/h1-14H/b20-14+. The number of rotatable bonds is 4. The summed E-state index contributed by atoms with van der Waals surface area (Å²) in [4.78, 5) is 13.0. The molecule has 0 saturated carbocycles. The maximum absolute atomic E-state index is 13.0. The van der Waals surface area contributed by atoms with Gasteiger partial charge >= 0.3 is 0 Å². The van der Waals surface area contributed by atoms with Crippen LogP contribution in [-0.4, -0.2) is 5.78 Å². The van der Waals surface area contributed by atoms with Crippen molar-refractivity contribution in [1.82, 2.24) is 0 Å². The Morgan fingerprint density at radius 1 is 0.667 bits per heavy atom. The van der Waals surface area contributed by atoms with E-state index in [4.69, 9.17) is 23.2 Å². The molecule has 3 rings (SSSR count). The fourth-order valence-corrected chi connectivity index (χ4v) is 2.63. The number of carbonyl (C=O) groups is 1. The summed E-state index contributed by atoms with van der Waals surface area (Å²) >= 11 is 11.9. The summed E-state index contributed by atoms with van der Waals surface area (Å²) in [6.07, 6.45) is 1.89. The predicted octanol–water partition coefficient (Wildman–Crippen LogP) is 6.42. The van der Waals surface area contributed by atoms with E-state index in [9.17, 15) is 4.79 Å². The van der Waals surface area contributed by atoms with Gasteiger partial charge in [-0.1, -0.05) is 65.7 Å². The number of Topliss-reactive ketones (excluding diaryl/α,β-unsaturated/α-hetero) is 1. The molecular formula is C21H14Cl2O. The fraction of sp³-hybridized carbons (Fsp3) is 0. The first-order valence-corrected chi connectivity index (χ1v) is 8.22. The van der Waals surface area contributed by atoms with Crippen molar-refractivity contribution in [3.63, 3.8) is 0 Å². The topological polar surface area (TPSA) is 17.1 Å². The number of benzene rings is 3. The van der Waals surface area contributed by atoms with Crippen LogP contribution in [0.2, 0.25) is 10.0 Å². The monoisotopic (exact) mass is 352 g/mol. The van der Waals surface area contributed by atoms with Gasteiger partial charge in [-0.2, -0.15) is 0 Å². The van der Waals surface area contributed by atoms with Gasteiger partial charge in [-0.25, -0.2) is 0 Å². The van der Waals surface area contributed by atoms with Gasteiger partial charge in [0.2, 0.25) is 0 Å². The van der Waals surface area contributed by atoms with E-state index in [0.29, 0.717) is 21.2 Å². The Morgan fingerprint density at radius 3 is 1.71 bits per heavy atom. The Kier molecular flexibility index (Phi) is 5.14. The molecule has 0 bridgehead atoms. The van der Waals surface area contributed by atoms with E-state index in [2.05, 4.69) is 0 Å². The normalized spacial score (nSPS) is 11.3.